The smallest absolute Gasteiger partial charge is 0.242 e. The third-order valence-corrected chi connectivity index (χ3v) is 6.22. The molecule has 5 heteroatoms. The SMILES string of the molecule is CNCC#CC1c2ccccc2C=Cc2ccc(S(=O)(=O)N(C)C)cc21. The highest BCUT2D eigenvalue weighted by Crippen LogP contribution is 2.35. The molecule has 0 bridgehead atoms. The topological polar surface area (TPSA) is 49.4 Å². The summed E-state index contributed by atoms with van der Waals surface area (Å²) >= 11 is 0. The van der Waals surface area contributed by atoms with E-state index in [2.05, 4.69) is 35.4 Å². The van der Waals surface area contributed by atoms with Crippen LogP contribution in [0.3, 0.4) is 0 Å². The Labute approximate surface area is 155 Å². The Bertz CT molecular complexity index is 1010. The fraction of sp³-hybridized carbons (Fsp3) is 0.238. The number of rotatable bonds is 3. The van der Waals surface area contributed by atoms with E-state index >= 15 is 0 Å². The fourth-order valence-corrected chi connectivity index (χ4v) is 3.93. The summed E-state index contributed by atoms with van der Waals surface area (Å²) in [4.78, 5) is 0.287. The summed E-state index contributed by atoms with van der Waals surface area (Å²) in [6.45, 7) is 0.580. The molecule has 0 heterocycles. The molecule has 1 N–H and O–H groups in total. The molecule has 1 atom stereocenters. The number of fused-ring (bicyclic) bond motifs is 2. The van der Waals surface area contributed by atoms with Gasteiger partial charge in [0.25, 0.3) is 0 Å². The van der Waals surface area contributed by atoms with Crippen molar-refractivity contribution in [2.45, 2.75) is 10.8 Å². The van der Waals surface area contributed by atoms with Crippen molar-refractivity contribution >= 4 is 22.2 Å². The van der Waals surface area contributed by atoms with Crippen molar-refractivity contribution < 1.29 is 8.42 Å². The minimum atomic E-state index is -3.50. The van der Waals surface area contributed by atoms with E-state index in [0.29, 0.717) is 6.54 Å². The summed E-state index contributed by atoms with van der Waals surface area (Å²) < 4.78 is 26.4. The highest BCUT2D eigenvalue weighted by atomic mass is 32.2. The molecule has 1 aliphatic carbocycles. The third kappa shape index (κ3) is 3.45. The van der Waals surface area contributed by atoms with Crippen LogP contribution in [0.4, 0.5) is 0 Å². The Morgan fingerprint density at radius 3 is 2.42 bits per heavy atom. The van der Waals surface area contributed by atoms with Crippen LogP contribution in [-0.2, 0) is 10.0 Å². The van der Waals surface area contributed by atoms with Gasteiger partial charge in [-0.3, -0.25) is 0 Å². The Hall–Kier alpha value is -2.39. The van der Waals surface area contributed by atoms with Crippen molar-refractivity contribution in [2.24, 2.45) is 0 Å². The van der Waals surface area contributed by atoms with E-state index in [9.17, 15) is 8.42 Å². The average molecular weight is 366 g/mol. The Morgan fingerprint density at radius 2 is 1.73 bits per heavy atom. The van der Waals surface area contributed by atoms with Crippen molar-refractivity contribution in [1.82, 2.24) is 9.62 Å². The number of hydrogen-bond acceptors (Lipinski definition) is 3. The molecule has 3 rings (SSSR count). The summed E-state index contributed by atoms with van der Waals surface area (Å²) in [7, 11) is 1.44. The van der Waals surface area contributed by atoms with Gasteiger partial charge in [-0.2, -0.15) is 0 Å². The highest BCUT2D eigenvalue weighted by molar-refractivity contribution is 7.89. The summed E-state index contributed by atoms with van der Waals surface area (Å²) in [5.74, 6) is 6.29. The monoisotopic (exact) mass is 366 g/mol. The molecular weight excluding hydrogens is 344 g/mol. The molecule has 0 aliphatic heterocycles. The lowest BCUT2D eigenvalue weighted by atomic mass is 9.88. The largest absolute Gasteiger partial charge is 0.309 e. The third-order valence-electron chi connectivity index (χ3n) is 4.41. The molecule has 26 heavy (non-hydrogen) atoms. The van der Waals surface area contributed by atoms with Crippen LogP contribution >= 0.6 is 0 Å². The zero-order chi connectivity index (χ0) is 18.7. The number of benzene rings is 2. The van der Waals surface area contributed by atoms with E-state index in [-0.39, 0.29) is 10.8 Å². The zero-order valence-corrected chi connectivity index (χ0v) is 16.0. The van der Waals surface area contributed by atoms with Gasteiger partial charge >= 0.3 is 0 Å². The van der Waals surface area contributed by atoms with Crippen molar-refractivity contribution in [3.8, 4) is 11.8 Å². The lowest BCUT2D eigenvalue weighted by molar-refractivity contribution is 0.520. The summed E-state index contributed by atoms with van der Waals surface area (Å²) in [5, 5.41) is 3.03. The second-order valence-corrected chi connectivity index (χ2v) is 8.48. The van der Waals surface area contributed by atoms with E-state index < -0.39 is 10.0 Å². The van der Waals surface area contributed by atoms with E-state index in [4.69, 9.17) is 0 Å². The molecule has 2 aromatic rings. The van der Waals surface area contributed by atoms with Crippen LogP contribution in [0, 0.1) is 11.8 Å². The standard InChI is InChI=1S/C21H22N2O2S/c1-22-14-6-9-20-19-8-5-4-7-16(19)10-11-17-12-13-18(15-21(17)20)26(24,25)23(2)3/h4-5,7-8,10-13,15,20,22H,14H2,1-3H3. The van der Waals surface area contributed by atoms with Crippen LogP contribution < -0.4 is 5.32 Å². The van der Waals surface area contributed by atoms with Gasteiger partial charge in [-0.25, -0.2) is 12.7 Å². The lowest BCUT2D eigenvalue weighted by Gasteiger charge is -2.18. The average Bonchev–Trinajstić information content (AvgIpc) is 2.79. The molecule has 1 aliphatic rings. The maximum absolute atomic E-state index is 12.6. The summed E-state index contributed by atoms with van der Waals surface area (Å²) in [6, 6.07) is 13.4. The molecular formula is C21H22N2O2S. The van der Waals surface area contributed by atoms with Crippen LogP contribution in [0.1, 0.15) is 28.2 Å². The van der Waals surface area contributed by atoms with Crippen LogP contribution in [0.25, 0.3) is 12.2 Å². The summed E-state index contributed by atoms with van der Waals surface area (Å²) in [6.07, 6.45) is 4.09. The van der Waals surface area contributed by atoms with Gasteiger partial charge in [0.05, 0.1) is 17.4 Å². The molecule has 0 saturated carbocycles. The lowest BCUT2D eigenvalue weighted by Crippen LogP contribution is -2.22. The van der Waals surface area contributed by atoms with Gasteiger partial charge in [-0.1, -0.05) is 54.3 Å². The second kappa shape index (κ2) is 7.46. The maximum Gasteiger partial charge on any atom is 0.242 e. The molecule has 0 radical (unpaired) electrons. The van der Waals surface area contributed by atoms with Crippen molar-refractivity contribution in [3.05, 3.63) is 64.7 Å². The fourth-order valence-electron chi connectivity index (χ4n) is 3.00. The normalized spacial score (nSPS) is 15.6. The zero-order valence-electron chi connectivity index (χ0n) is 15.2. The summed E-state index contributed by atoms with van der Waals surface area (Å²) in [5.41, 5.74) is 4.09. The van der Waals surface area contributed by atoms with Crippen LogP contribution in [0.2, 0.25) is 0 Å². The van der Waals surface area contributed by atoms with Crippen LogP contribution in [0.5, 0.6) is 0 Å². The van der Waals surface area contributed by atoms with Crippen molar-refractivity contribution in [1.29, 1.82) is 0 Å². The van der Waals surface area contributed by atoms with Gasteiger partial charge in [0, 0.05) is 14.1 Å². The molecule has 134 valence electrons. The molecule has 0 spiro atoms. The number of hydrogen-bond donors (Lipinski definition) is 1. The molecule has 0 aromatic heterocycles. The van der Waals surface area contributed by atoms with Gasteiger partial charge in [0.15, 0.2) is 0 Å². The Balaban J connectivity index is 2.22. The minimum absolute atomic E-state index is 0.179. The quantitative estimate of drug-likeness (QED) is 0.850. The first-order chi connectivity index (χ1) is 12.4. The maximum atomic E-state index is 12.6. The van der Waals surface area contributed by atoms with Crippen LogP contribution in [0.15, 0.2) is 47.4 Å². The Kier molecular flexibility index (Phi) is 5.28. The van der Waals surface area contributed by atoms with E-state index in [1.165, 1.54) is 4.31 Å². The molecule has 1 unspecified atom stereocenters. The molecule has 0 amide bonds. The molecule has 2 aromatic carbocycles. The number of sulfonamides is 1. The number of nitrogens with one attached hydrogen (secondary N) is 1. The van der Waals surface area contributed by atoms with Gasteiger partial charge in [-0.15, -0.1) is 0 Å². The molecule has 0 fully saturated rings. The van der Waals surface area contributed by atoms with Gasteiger partial charge in [0.1, 0.15) is 0 Å². The molecule has 4 nitrogen and oxygen atoms in total. The first kappa shape index (κ1) is 18.4. The Morgan fingerprint density at radius 1 is 1.04 bits per heavy atom. The van der Waals surface area contributed by atoms with E-state index in [1.807, 2.05) is 31.3 Å². The van der Waals surface area contributed by atoms with Gasteiger partial charge in [-0.05, 0) is 41.4 Å². The number of nitrogens with zero attached hydrogens (tertiary/aromatic N) is 1. The minimum Gasteiger partial charge on any atom is -0.309 e. The first-order valence-electron chi connectivity index (χ1n) is 8.41. The predicted molar refractivity (Wildman–Crippen MR) is 106 cm³/mol. The van der Waals surface area contributed by atoms with Crippen LogP contribution in [-0.4, -0.2) is 40.4 Å². The molecule has 0 saturated heterocycles. The van der Waals surface area contributed by atoms with Crippen molar-refractivity contribution in [2.75, 3.05) is 27.7 Å². The van der Waals surface area contributed by atoms with Crippen molar-refractivity contribution in [3.63, 3.8) is 0 Å². The highest BCUT2D eigenvalue weighted by Gasteiger charge is 2.24. The van der Waals surface area contributed by atoms with Gasteiger partial charge < -0.3 is 5.32 Å². The predicted octanol–water partition coefficient (Wildman–Crippen LogP) is 2.78. The second-order valence-electron chi connectivity index (χ2n) is 6.32. The first-order valence-corrected chi connectivity index (χ1v) is 9.85. The van der Waals surface area contributed by atoms with E-state index in [1.54, 1.807) is 26.2 Å². The van der Waals surface area contributed by atoms with Gasteiger partial charge in [0.2, 0.25) is 10.0 Å². The van der Waals surface area contributed by atoms with E-state index in [0.717, 1.165) is 22.3 Å².